The number of rotatable bonds is 4. The molecule has 0 aliphatic heterocycles. The summed E-state index contributed by atoms with van der Waals surface area (Å²) in [6.45, 7) is 2.69. The number of carbonyl (C=O) groups excluding carboxylic acids is 1. The van der Waals surface area contributed by atoms with Crippen LogP contribution in [0.4, 0.5) is 4.79 Å². The van der Waals surface area contributed by atoms with Crippen molar-refractivity contribution in [3.8, 4) is 12.3 Å². The largest absolute Gasteiger partial charge is 0.338 e. The lowest BCUT2D eigenvalue weighted by atomic mass is 10.1. The zero-order valence-electron chi connectivity index (χ0n) is 11.7. The zero-order valence-corrected chi connectivity index (χ0v) is 11.7. The molecule has 2 rings (SSSR count). The summed E-state index contributed by atoms with van der Waals surface area (Å²) in [6, 6.07) is 6.86. The second-order valence-corrected chi connectivity index (χ2v) is 4.37. The molecule has 0 unspecified atom stereocenters. The van der Waals surface area contributed by atoms with Gasteiger partial charge in [-0.25, -0.2) is 9.48 Å². The number of carbonyl (C=O) groups is 1. The fraction of sp³-hybridized carbons (Fsp3) is 0.267. The molecule has 0 aliphatic rings. The molecular weight excluding hydrogens is 268 g/mol. The summed E-state index contributed by atoms with van der Waals surface area (Å²) in [5, 5.41) is 10.8. The number of urea groups is 1. The second kappa shape index (κ2) is 6.57. The summed E-state index contributed by atoms with van der Waals surface area (Å²) >= 11 is 0. The average molecular weight is 284 g/mol. The van der Waals surface area contributed by atoms with Crippen LogP contribution < -0.4 is 16.2 Å². The molecule has 0 saturated carbocycles. The van der Waals surface area contributed by atoms with Gasteiger partial charge in [-0.2, -0.15) is 5.10 Å². The van der Waals surface area contributed by atoms with Crippen molar-refractivity contribution in [1.29, 1.82) is 0 Å². The summed E-state index contributed by atoms with van der Waals surface area (Å²) in [7, 11) is 0. The van der Waals surface area contributed by atoms with Crippen LogP contribution in [0.2, 0.25) is 0 Å². The molecule has 1 aromatic heterocycles. The lowest BCUT2D eigenvalue weighted by molar-refractivity contribution is 0.241. The zero-order chi connectivity index (χ0) is 15.2. The van der Waals surface area contributed by atoms with E-state index >= 15 is 0 Å². The summed E-state index contributed by atoms with van der Waals surface area (Å²) in [4.78, 5) is 23.7. The molecule has 1 heterocycles. The molecule has 108 valence electrons. The molecule has 0 saturated heterocycles. The number of nitrogens with one attached hydrogen (secondary N) is 2. The topological polar surface area (TPSA) is 76.0 Å². The first-order chi connectivity index (χ1) is 10.2. The molecular formula is C15H16N4O2. The highest BCUT2D eigenvalue weighted by Gasteiger charge is 2.10. The number of hydrogen-bond acceptors (Lipinski definition) is 3. The number of terminal acetylenes is 1. The van der Waals surface area contributed by atoms with Crippen LogP contribution in [0.25, 0.3) is 10.8 Å². The maximum absolute atomic E-state index is 12.2. The maximum Gasteiger partial charge on any atom is 0.315 e. The SMILES string of the molecule is C#CCn1nc(CNC(=O)NCC)c2ccccc2c1=O. The lowest BCUT2D eigenvalue weighted by Crippen LogP contribution is -2.35. The van der Waals surface area contributed by atoms with Crippen molar-refractivity contribution in [2.45, 2.75) is 20.0 Å². The lowest BCUT2D eigenvalue weighted by Gasteiger charge is -2.10. The Morgan fingerprint density at radius 1 is 1.33 bits per heavy atom. The standard InChI is InChI=1S/C15H16N4O2/c1-3-9-19-14(20)12-8-6-5-7-11(12)13(18-19)10-17-15(21)16-4-2/h1,5-8H,4,9-10H2,2H3,(H2,16,17,21). The minimum Gasteiger partial charge on any atom is -0.338 e. The monoisotopic (exact) mass is 284 g/mol. The summed E-state index contributed by atoms with van der Waals surface area (Å²) < 4.78 is 1.23. The first-order valence-electron chi connectivity index (χ1n) is 6.61. The van der Waals surface area contributed by atoms with Gasteiger partial charge in [0, 0.05) is 11.9 Å². The van der Waals surface area contributed by atoms with E-state index < -0.39 is 0 Å². The third-order valence-corrected chi connectivity index (χ3v) is 2.94. The predicted octanol–water partition coefficient (Wildman–Crippen LogP) is 0.849. The van der Waals surface area contributed by atoms with Crippen LogP contribution in [0.15, 0.2) is 29.1 Å². The highest BCUT2D eigenvalue weighted by molar-refractivity contribution is 5.84. The Morgan fingerprint density at radius 3 is 2.71 bits per heavy atom. The molecule has 2 amide bonds. The summed E-state index contributed by atoms with van der Waals surface area (Å²) in [5.74, 6) is 2.40. The Morgan fingerprint density at radius 2 is 2.05 bits per heavy atom. The molecule has 0 spiro atoms. The van der Waals surface area contributed by atoms with Gasteiger partial charge in [0.05, 0.1) is 17.6 Å². The van der Waals surface area contributed by atoms with Crippen molar-refractivity contribution in [3.63, 3.8) is 0 Å². The smallest absolute Gasteiger partial charge is 0.315 e. The van der Waals surface area contributed by atoms with Crippen LogP contribution in [0.5, 0.6) is 0 Å². The van der Waals surface area contributed by atoms with Gasteiger partial charge in [0.1, 0.15) is 6.54 Å². The normalized spacial score (nSPS) is 10.1. The van der Waals surface area contributed by atoms with E-state index in [4.69, 9.17) is 6.42 Å². The van der Waals surface area contributed by atoms with Crippen molar-refractivity contribution in [1.82, 2.24) is 20.4 Å². The Hall–Kier alpha value is -2.81. The van der Waals surface area contributed by atoms with Gasteiger partial charge in [0.2, 0.25) is 0 Å². The van der Waals surface area contributed by atoms with E-state index in [1.165, 1.54) is 4.68 Å². The Bertz CT molecular complexity index is 758. The van der Waals surface area contributed by atoms with E-state index in [0.717, 1.165) is 0 Å². The minimum absolute atomic E-state index is 0.0951. The van der Waals surface area contributed by atoms with Gasteiger partial charge in [-0.15, -0.1) is 6.42 Å². The number of amides is 2. The van der Waals surface area contributed by atoms with Crippen LogP contribution in [-0.2, 0) is 13.1 Å². The van der Waals surface area contributed by atoms with Gasteiger partial charge in [0.25, 0.3) is 5.56 Å². The Kier molecular flexibility index (Phi) is 4.57. The van der Waals surface area contributed by atoms with Crippen molar-refractivity contribution >= 4 is 16.8 Å². The van der Waals surface area contributed by atoms with Crippen LogP contribution in [-0.4, -0.2) is 22.4 Å². The summed E-state index contributed by atoms with van der Waals surface area (Å²) in [5.41, 5.74) is 0.372. The van der Waals surface area contributed by atoms with Gasteiger partial charge in [-0.3, -0.25) is 4.79 Å². The van der Waals surface area contributed by atoms with Gasteiger partial charge in [0.15, 0.2) is 0 Å². The molecule has 0 atom stereocenters. The van der Waals surface area contributed by atoms with Crippen LogP contribution in [0.3, 0.4) is 0 Å². The van der Waals surface area contributed by atoms with Gasteiger partial charge in [-0.1, -0.05) is 24.1 Å². The van der Waals surface area contributed by atoms with Crippen LogP contribution in [0.1, 0.15) is 12.6 Å². The van der Waals surface area contributed by atoms with Crippen molar-refractivity contribution in [2.24, 2.45) is 0 Å². The van der Waals surface area contributed by atoms with E-state index in [0.29, 0.717) is 23.0 Å². The number of aromatic nitrogens is 2. The fourth-order valence-electron chi connectivity index (χ4n) is 2.02. The fourth-order valence-corrected chi connectivity index (χ4v) is 2.02. The quantitative estimate of drug-likeness (QED) is 0.817. The number of hydrogen-bond donors (Lipinski definition) is 2. The molecule has 6 heteroatoms. The number of fused-ring (bicyclic) bond motifs is 1. The average Bonchev–Trinajstić information content (AvgIpc) is 2.49. The van der Waals surface area contributed by atoms with Gasteiger partial charge >= 0.3 is 6.03 Å². The van der Waals surface area contributed by atoms with Crippen LogP contribution in [0, 0.1) is 12.3 Å². The Labute approximate surface area is 122 Å². The van der Waals surface area contributed by atoms with E-state index in [9.17, 15) is 9.59 Å². The molecule has 2 N–H and O–H groups in total. The second-order valence-electron chi connectivity index (χ2n) is 4.37. The third-order valence-electron chi connectivity index (χ3n) is 2.94. The van der Waals surface area contributed by atoms with E-state index in [1.807, 2.05) is 13.0 Å². The number of benzene rings is 1. The molecule has 21 heavy (non-hydrogen) atoms. The first-order valence-corrected chi connectivity index (χ1v) is 6.61. The molecule has 0 aliphatic carbocycles. The first kappa shape index (κ1) is 14.6. The highest BCUT2D eigenvalue weighted by Crippen LogP contribution is 2.12. The van der Waals surface area contributed by atoms with E-state index in [2.05, 4.69) is 21.7 Å². The van der Waals surface area contributed by atoms with Crippen LogP contribution >= 0.6 is 0 Å². The minimum atomic E-state index is -0.280. The number of nitrogens with zero attached hydrogens (tertiary/aromatic N) is 2. The van der Waals surface area contributed by atoms with Gasteiger partial charge < -0.3 is 10.6 Å². The molecule has 6 nitrogen and oxygen atoms in total. The van der Waals surface area contributed by atoms with Crippen molar-refractivity contribution < 1.29 is 4.79 Å². The maximum atomic E-state index is 12.2. The van der Waals surface area contributed by atoms with Crippen molar-refractivity contribution in [3.05, 3.63) is 40.3 Å². The molecule has 0 radical (unpaired) electrons. The third kappa shape index (κ3) is 3.20. The van der Waals surface area contributed by atoms with Crippen molar-refractivity contribution in [2.75, 3.05) is 6.54 Å². The molecule has 0 fully saturated rings. The highest BCUT2D eigenvalue weighted by atomic mass is 16.2. The molecule has 2 aromatic rings. The Balaban J connectivity index is 2.42. The van der Waals surface area contributed by atoms with Gasteiger partial charge in [-0.05, 0) is 13.0 Å². The van der Waals surface area contributed by atoms with E-state index in [1.54, 1.807) is 18.2 Å². The predicted molar refractivity (Wildman–Crippen MR) is 80.7 cm³/mol. The molecule has 1 aromatic carbocycles. The van der Waals surface area contributed by atoms with E-state index in [-0.39, 0.29) is 24.7 Å². The molecule has 0 bridgehead atoms. The summed E-state index contributed by atoms with van der Waals surface area (Å²) in [6.07, 6.45) is 5.26.